The topological polar surface area (TPSA) is 73.4 Å². The van der Waals surface area contributed by atoms with Crippen LogP contribution in [-0.2, 0) is 0 Å². The Balaban J connectivity index is 0.00000385. The fraction of sp³-hybridized carbons (Fsp3) is 0.364. The molecule has 8 nitrogen and oxygen atoms in total. The molecule has 3 aromatic rings. The van der Waals surface area contributed by atoms with Gasteiger partial charge in [0.2, 0.25) is 5.75 Å². The predicted molar refractivity (Wildman–Crippen MR) is 135 cm³/mol. The monoisotopic (exact) mass is 515 g/mol. The number of hydrogen-bond donors (Lipinski definition) is 0. The van der Waals surface area contributed by atoms with Crippen LogP contribution in [0.5, 0.6) is 23.0 Å². The first-order valence-electron chi connectivity index (χ1n) is 9.74. The molecule has 0 atom stereocenters. The summed E-state index contributed by atoms with van der Waals surface area (Å²) in [5.41, 5.74) is 1.00. The van der Waals surface area contributed by atoms with Crippen molar-refractivity contribution in [2.75, 3.05) is 60.5 Å². The quantitative estimate of drug-likeness (QED) is 0.411. The first-order chi connectivity index (χ1) is 15.3. The van der Waals surface area contributed by atoms with Crippen LogP contribution in [0.1, 0.15) is 10.4 Å². The Labute approximate surface area is 208 Å². The van der Waals surface area contributed by atoms with Crippen LogP contribution >= 0.6 is 35.3 Å². The second-order valence-corrected chi connectivity index (χ2v) is 8.48. The maximum atomic E-state index is 13.7. The van der Waals surface area contributed by atoms with E-state index < -0.39 is 0 Å². The number of carbonyl (C=O) groups excluding carboxylic acids is 1. The summed E-state index contributed by atoms with van der Waals surface area (Å²) in [5, 5.41) is 1.07. The molecule has 0 aliphatic rings. The van der Waals surface area contributed by atoms with E-state index in [9.17, 15) is 4.79 Å². The van der Waals surface area contributed by atoms with Gasteiger partial charge in [0.05, 0.1) is 38.2 Å². The van der Waals surface area contributed by atoms with Crippen LogP contribution in [0.25, 0.3) is 10.2 Å². The molecule has 33 heavy (non-hydrogen) atoms. The molecule has 1 amide bonds. The third-order valence-electron chi connectivity index (χ3n) is 4.83. The van der Waals surface area contributed by atoms with Crippen molar-refractivity contribution in [2.45, 2.75) is 0 Å². The molecule has 1 heterocycles. The smallest absolute Gasteiger partial charge is 0.260 e. The highest BCUT2D eigenvalue weighted by Crippen LogP contribution is 2.41. The van der Waals surface area contributed by atoms with Crippen LogP contribution in [0.2, 0.25) is 5.02 Å². The summed E-state index contributed by atoms with van der Waals surface area (Å²) >= 11 is 7.74. The Morgan fingerprint density at radius 1 is 0.970 bits per heavy atom. The molecular weight excluding hydrogens is 489 g/mol. The maximum Gasteiger partial charge on any atom is 0.260 e. The number of likely N-dealkylation sites (N-methyl/N-ethyl adjacent to an activating group) is 1. The van der Waals surface area contributed by atoms with Crippen LogP contribution in [0.3, 0.4) is 0 Å². The average Bonchev–Trinajstić information content (AvgIpc) is 3.24. The van der Waals surface area contributed by atoms with Gasteiger partial charge >= 0.3 is 0 Å². The Hall–Kier alpha value is -2.46. The summed E-state index contributed by atoms with van der Waals surface area (Å²) in [6, 6.07) is 6.79. The van der Waals surface area contributed by atoms with Gasteiger partial charge in [-0.3, -0.25) is 9.69 Å². The predicted octanol–water partition coefficient (Wildman–Crippen LogP) is 4.61. The van der Waals surface area contributed by atoms with Crippen molar-refractivity contribution < 1.29 is 23.7 Å². The number of nitrogens with zero attached hydrogens (tertiary/aromatic N) is 3. The van der Waals surface area contributed by atoms with Crippen molar-refractivity contribution in [1.29, 1.82) is 0 Å². The van der Waals surface area contributed by atoms with Gasteiger partial charge in [-0.25, -0.2) is 4.98 Å². The summed E-state index contributed by atoms with van der Waals surface area (Å²) < 4.78 is 22.4. The van der Waals surface area contributed by atoms with E-state index in [2.05, 4.69) is 0 Å². The second-order valence-electron chi connectivity index (χ2n) is 7.10. The first kappa shape index (κ1) is 26.8. The van der Waals surface area contributed by atoms with Gasteiger partial charge < -0.3 is 23.8 Å². The van der Waals surface area contributed by atoms with Gasteiger partial charge in [-0.2, -0.15) is 0 Å². The molecule has 0 saturated heterocycles. The van der Waals surface area contributed by atoms with Gasteiger partial charge in [-0.15, -0.1) is 12.4 Å². The zero-order valence-corrected chi connectivity index (χ0v) is 21.7. The van der Waals surface area contributed by atoms with E-state index in [1.165, 1.54) is 32.7 Å². The molecule has 0 aliphatic carbocycles. The summed E-state index contributed by atoms with van der Waals surface area (Å²) in [7, 11) is 10.0. The van der Waals surface area contributed by atoms with Crippen molar-refractivity contribution in [2.24, 2.45) is 0 Å². The number of halogens is 2. The zero-order chi connectivity index (χ0) is 23.4. The van der Waals surface area contributed by atoms with E-state index in [0.717, 1.165) is 4.70 Å². The number of rotatable bonds is 9. The van der Waals surface area contributed by atoms with Crippen molar-refractivity contribution >= 4 is 56.6 Å². The zero-order valence-electron chi connectivity index (χ0n) is 19.3. The number of methoxy groups -OCH3 is 4. The average molecular weight is 516 g/mol. The molecule has 0 bridgehead atoms. The highest BCUT2D eigenvalue weighted by molar-refractivity contribution is 7.23. The molecule has 1 aromatic heterocycles. The first-order valence-corrected chi connectivity index (χ1v) is 10.9. The normalized spacial score (nSPS) is 10.7. The van der Waals surface area contributed by atoms with E-state index in [-0.39, 0.29) is 18.3 Å². The molecule has 3 rings (SSSR count). The molecule has 2 aromatic carbocycles. The van der Waals surface area contributed by atoms with Gasteiger partial charge in [0.1, 0.15) is 11.3 Å². The fourth-order valence-electron chi connectivity index (χ4n) is 3.17. The lowest BCUT2D eigenvalue weighted by Gasteiger charge is -2.23. The lowest BCUT2D eigenvalue weighted by atomic mass is 10.1. The minimum Gasteiger partial charge on any atom is -0.494 e. The molecule has 0 N–H and O–H groups in total. The number of anilines is 1. The lowest BCUT2D eigenvalue weighted by Crippen LogP contribution is -2.36. The molecule has 0 fully saturated rings. The standard InChI is InChI=1S/C22H26ClN3O5S.ClH/c1-25(2)9-10-26(22-24-18-15(28-3)8-7-14(23)20(18)32-22)21(27)13-11-16(29-4)19(31-6)17(12-13)30-5;/h7-8,11-12H,9-10H2,1-6H3;1H. The molecule has 0 unspecified atom stereocenters. The molecule has 11 heteroatoms. The largest absolute Gasteiger partial charge is 0.494 e. The van der Waals surface area contributed by atoms with Crippen LogP contribution in [0.15, 0.2) is 24.3 Å². The number of ether oxygens (including phenoxy) is 4. The van der Waals surface area contributed by atoms with Crippen LogP contribution in [0.4, 0.5) is 5.13 Å². The van der Waals surface area contributed by atoms with E-state index in [1.54, 1.807) is 36.3 Å². The van der Waals surface area contributed by atoms with E-state index in [0.29, 0.717) is 57.3 Å². The Kier molecular flexibility index (Phi) is 9.42. The van der Waals surface area contributed by atoms with Gasteiger partial charge in [0.25, 0.3) is 5.91 Å². The van der Waals surface area contributed by atoms with Crippen molar-refractivity contribution in [3.8, 4) is 23.0 Å². The maximum absolute atomic E-state index is 13.7. The van der Waals surface area contributed by atoms with Crippen molar-refractivity contribution in [3.05, 3.63) is 34.9 Å². The number of amides is 1. The lowest BCUT2D eigenvalue weighted by molar-refractivity contribution is 0.0984. The van der Waals surface area contributed by atoms with Crippen LogP contribution in [0, 0.1) is 0 Å². The molecule has 0 aliphatic heterocycles. The van der Waals surface area contributed by atoms with E-state index in [1.807, 2.05) is 19.0 Å². The van der Waals surface area contributed by atoms with Crippen molar-refractivity contribution in [3.63, 3.8) is 0 Å². The van der Waals surface area contributed by atoms with Gasteiger partial charge in [0.15, 0.2) is 16.6 Å². The van der Waals surface area contributed by atoms with Crippen molar-refractivity contribution in [1.82, 2.24) is 9.88 Å². The molecule has 0 radical (unpaired) electrons. The Bertz CT molecular complexity index is 1100. The molecule has 180 valence electrons. The van der Waals surface area contributed by atoms with Gasteiger partial charge in [-0.05, 0) is 38.4 Å². The minimum atomic E-state index is -0.250. The van der Waals surface area contributed by atoms with Crippen LogP contribution < -0.4 is 23.8 Å². The van der Waals surface area contributed by atoms with Gasteiger partial charge in [0, 0.05) is 18.7 Å². The second kappa shape index (κ2) is 11.6. The van der Waals surface area contributed by atoms with E-state index in [4.69, 9.17) is 35.5 Å². The van der Waals surface area contributed by atoms with E-state index >= 15 is 0 Å². The molecule has 0 saturated carbocycles. The van der Waals surface area contributed by atoms with Crippen LogP contribution in [-0.4, -0.2) is 71.4 Å². The third kappa shape index (κ3) is 5.55. The van der Waals surface area contributed by atoms with Gasteiger partial charge in [-0.1, -0.05) is 22.9 Å². The Morgan fingerprint density at radius 3 is 2.09 bits per heavy atom. The minimum absolute atomic E-state index is 0. The summed E-state index contributed by atoms with van der Waals surface area (Å²) in [6.45, 7) is 1.05. The number of carbonyl (C=O) groups is 1. The SMILES string of the molecule is COc1cc(C(=O)N(CCN(C)C)c2nc3c(OC)ccc(Cl)c3s2)cc(OC)c1OC.Cl. The summed E-state index contributed by atoms with van der Waals surface area (Å²) in [4.78, 5) is 22.0. The highest BCUT2D eigenvalue weighted by Gasteiger charge is 2.26. The number of thiazole rings is 1. The fourth-order valence-corrected chi connectivity index (χ4v) is 4.45. The number of fused-ring (bicyclic) bond motifs is 1. The number of aromatic nitrogens is 1. The summed E-state index contributed by atoms with van der Waals surface area (Å²) in [5.74, 6) is 1.57. The Morgan fingerprint density at radius 2 is 1.58 bits per heavy atom. The molecular formula is C22H27Cl2N3O5S. The number of benzene rings is 2. The molecule has 0 spiro atoms. The third-order valence-corrected chi connectivity index (χ3v) is 6.36. The summed E-state index contributed by atoms with van der Waals surface area (Å²) in [6.07, 6.45) is 0. The number of hydrogen-bond acceptors (Lipinski definition) is 8. The highest BCUT2D eigenvalue weighted by atomic mass is 35.5.